The monoisotopic (exact) mass is 260 g/mol. The number of thiophene rings is 1. The topological polar surface area (TPSA) is 47.3 Å². The lowest BCUT2D eigenvalue weighted by molar-refractivity contribution is 0.00524. The van der Waals surface area contributed by atoms with Gasteiger partial charge < -0.3 is 4.74 Å². The van der Waals surface area contributed by atoms with Gasteiger partial charge in [0.25, 0.3) is 0 Å². The number of hydrazine groups is 1. The normalized spacial score (nSPS) is 23.2. The number of nitrogens with one attached hydrogen (secondary N) is 1. The summed E-state index contributed by atoms with van der Waals surface area (Å²) in [5.41, 5.74) is 2.85. The van der Waals surface area contributed by atoms with Gasteiger partial charge in [0.15, 0.2) is 0 Å². The number of hydrogen-bond acceptors (Lipinski definition) is 4. The first kappa shape index (κ1) is 12.3. The fourth-order valence-electron chi connectivity index (χ4n) is 2.04. The Morgan fingerprint density at radius 1 is 1.56 bits per heavy atom. The van der Waals surface area contributed by atoms with Crippen LogP contribution in [0.3, 0.4) is 0 Å². The largest absolute Gasteiger partial charge is 0.378 e. The lowest BCUT2D eigenvalue weighted by Crippen LogP contribution is -2.32. The molecule has 1 aromatic rings. The van der Waals surface area contributed by atoms with Crippen molar-refractivity contribution >= 4 is 22.9 Å². The zero-order chi connectivity index (χ0) is 11.4. The fraction of sp³-hybridized carbons (Fsp3) is 0.636. The Labute approximate surface area is 105 Å². The van der Waals surface area contributed by atoms with E-state index in [0.29, 0.717) is 6.10 Å². The number of rotatable bonds is 4. The molecule has 1 aliphatic rings. The van der Waals surface area contributed by atoms with Gasteiger partial charge in [-0.1, -0.05) is 11.6 Å². The third-order valence-electron chi connectivity index (χ3n) is 2.91. The highest BCUT2D eigenvalue weighted by molar-refractivity contribution is 7.16. The maximum absolute atomic E-state index is 5.92. The van der Waals surface area contributed by atoms with Gasteiger partial charge in [0.2, 0.25) is 0 Å². The molecule has 0 bridgehead atoms. The van der Waals surface area contributed by atoms with Gasteiger partial charge in [0.1, 0.15) is 0 Å². The first-order chi connectivity index (χ1) is 7.79. The summed E-state index contributed by atoms with van der Waals surface area (Å²) in [4.78, 5) is 1.18. The highest BCUT2D eigenvalue weighted by Crippen LogP contribution is 2.31. The molecule has 0 aliphatic carbocycles. The van der Waals surface area contributed by atoms with Crippen molar-refractivity contribution in [2.24, 2.45) is 5.84 Å². The summed E-state index contributed by atoms with van der Waals surface area (Å²) in [5, 5.41) is 0. The van der Waals surface area contributed by atoms with Crippen molar-refractivity contribution in [3.05, 3.63) is 21.3 Å². The van der Waals surface area contributed by atoms with E-state index in [0.717, 1.165) is 23.8 Å². The summed E-state index contributed by atoms with van der Waals surface area (Å²) in [6.45, 7) is 0.882. The summed E-state index contributed by atoms with van der Waals surface area (Å²) in [6.07, 6.45) is 4.83. The fourth-order valence-corrected chi connectivity index (χ4v) is 3.17. The van der Waals surface area contributed by atoms with E-state index in [1.165, 1.54) is 17.7 Å². The maximum atomic E-state index is 5.92. The van der Waals surface area contributed by atoms with Gasteiger partial charge in [0.05, 0.1) is 16.5 Å². The Bertz CT molecular complexity index is 326. The van der Waals surface area contributed by atoms with Gasteiger partial charge in [0, 0.05) is 11.5 Å². The molecule has 2 rings (SSSR count). The molecule has 0 amide bonds. The summed E-state index contributed by atoms with van der Waals surface area (Å²) >= 11 is 7.50. The Morgan fingerprint density at radius 3 is 3.00 bits per heavy atom. The van der Waals surface area contributed by atoms with Crippen LogP contribution in [-0.2, 0) is 4.74 Å². The average molecular weight is 261 g/mol. The molecule has 16 heavy (non-hydrogen) atoms. The molecule has 5 heteroatoms. The predicted molar refractivity (Wildman–Crippen MR) is 67.6 cm³/mol. The van der Waals surface area contributed by atoms with Crippen LogP contribution in [0.15, 0.2) is 12.1 Å². The van der Waals surface area contributed by atoms with E-state index in [1.807, 2.05) is 12.1 Å². The highest BCUT2D eigenvalue weighted by atomic mass is 35.5. The first-order valence-electron chi connectivity index (χ1n) is 5.62. The molecule has 3 N–H and O–H groups in total. The van der Waals surface area contributed by atoms with Crippen LogP contribution >= 0.6 is 22.9 Å². The minimum atomic E-state index is 0.153. The lowest BCUT2D eigenvalue weighted by atomic mass is 10.0. The van der Waals surface area contributed by atoms with Gasteiger partial charge in [-0.2, -0.15) is 0 Å². The number of hydrogen-bond donors (Lipinski definition) is 2. The Balaban J connectivity index is 1.94. The molecule has 2 heterocycles. The molecule has 0 radical (unpaired) electrons. The SMILES string of the molecule is NNC(CC1CCCCO1)c1ccc(Cl)s1. The third-order valence-corrected chi connectivity index (χ3v) is 4.26. The van der Waals surface area contributed by atoms with Crippen molar-refractivity contribution in [3.8, 4) is 0 Å². The molecular weight excluding hydrogens is 244 g/mol. The minimum Gasteiger partial charge on any atom is -0.378 e. The second-order valence-electron chi connectivity index (χ2n) is 4.09. The van der Waals surface area contributed by atoms with Crippen LogP contribution in [0.1, 0.15) is 36.6 Å². The van der Waals surface area contributed by atoms with Crippen molar-refractivity contribution in [2.75, 3.05) is 6.61 Å². The van der Waals surface area contributed by atoms with E-state index in [4.69, 9.17) is 22.2 Å². The van der Waals surface area contributed by atoms with Crippen molar-refractivity contribution in [1.29, 1.82) is 0 Å². The lowest BCUT2D eigenvalue weighted by Gasteiger charge is -2.26. The summed E-state index contributed by atoms with van der Waals surface area (Å²) in [5.74, 6) is 5.59. The Hall–Kier alpha value is -0.130. The maximum Gasteiger partial charge on any atom is 0.0931 e. The molecule has 0 aromatic carbocycles. The zero-order valence-electron chi connectivity index (χ0n) is 9.12. The van der Waals surface area contributed by atoms with Crippen molar-refractivity contribution in [3.63, 3.8) is 0 Å². The molecule has 2 unspecified atom stereocenters. The molecule has 1 fully saturated rings. The number of halogens is 1. The van der Waals surface area contributed by atoms with E-state index in [-0.39, 0.29) is 6.04 Å². The van der Waals surface area contributed by atoms with Gasteiger partial charge in [-0.15, -0.1) is 11.3 Å². The smallest absolute Gasteiger partial charge is 0.0931 e. The quantitative estimate of drug-likeness (QED) is 0.647. The Morgan fingerprint density at radius 2 is 2.44 bits per heavy atom. The van der Waals surface area contributed by atoms with Crippen LogP contribution < -0.4 is 11.3 Å². The molecule has 3 nitrogen and oxygen atoms in total. The minimum absolute atomic E-state index is 0.153. The van der Waals surface area contributed by atoms with Crippen LogP contribution in [0, 0.1) is 0 Å². The van der Waals surface area contributed by atoms with E-state index in [9.17, 15) is 0 Å². The van der Waals surface area contributed by atoms with Gasteiger partial charge in [-0.05, 0) is 37.8 Å². The van der Waals surface area contributed by atoms with Crippen LogP contribution in [0.2, 0.25) is 4.34 Å². The van der Waals surface area contributed by atoms with Gasteiger partial charge >= 0.3 is 0 Å². The Kier molecular flexibility index (Phi) is 4.61. The molecule has 1 aromatic heterocycles. The van der Waals surface area contributed by atoms with E-state index >= 15 is 0 Å². The second kappa shape index (κ2) is 5.98. The summed E-state index contributed by atoms with van der Waals surface area (Å²) < 4.78 is 6.52. The molecule has 0 spiro atoms. The summed E-state index contributed by atoms with van der Waals surface area (Å²) in [7, 11) is 0. The molecule has 0 saturated carbocycles. The van der Waals surface area contributed by atoms with Crippen LogP contribution in [0.4, 0.5) is 0 Å². The zero-order valence-corrected chi connectivity index (χ0v) is 10.7. The standard InChI is InChI=1S/C11H17ClN2OS/c12-11-5-4-10(16-11)9(14-13)7-8-3-1-2-6-15-8/h4-5,8-9,14H,1-3,6-7,13H2. The highest BCUT2D eigenvalue weighted by Gasteiger charge is 2.21. The average Bonchev–Trinajstić information content (AvgIpc) is 2.74. The van der Waals surface area contributed by atoms with E-state index < -0.39 is 0 Å². The van der Waals surface area contributed by atoms with Crippen molar-refractivity contribution in [2.45, 2.75) is 37.8 Å². The van der Waals surface area contributed by atoms with Crippen LogP contribution in [-0.4, -0.2) is 12.7 Å². The second-order valence-corrected chi connectivity index (χ2v) is 5.83. The van der Waals surface area contributed by atoms with Gasteiger partial charge in [-0.3, -0.25) is 11.3 Å². The van der Waals surface area contributed by atoms with Crippen molar-refractivity contribution < 1.29 is 4.74 Å². The first-order valence-corrected chi connectivity index (χ1v) is 6.82. The van der Waals surface area contributed by atoms with Crippen LogP contribution in [0.25, 0.3) is 0 Å². The molecule has 2 atom stereocenters. The molecule has 90 valence electrons. The van der Waals surface area contributed by atoms with Crippen LogP contribution in [0.5, 0.6) is 0 Å². The van der Waals surface area contributed by atoms with E-state index in [2.05, 4.69) is 5.43 Å². The van der Waals surface area contributed by atoms with E-state index in [1.54, 1.807) is 11.3 Å². The predicted octanol–water partition coefficient (Wildman–Crippen LogP) is 2.87. The summed E-state index contributed by atoms with van der Waals surface area (Å²) in [6, 6.07) is 4.09. The van der Waals surface area contributed by atoms with Gasteiger partial charge in [-0.25, -0.2) is 0 Å². The molecule has 1 saturated heterocycles. The number of ether oxygens (including phenoxy) is 1. The van der Waals surface area contributed by atoms with Crippen molar-refractivity contribution in [1.82, 2.24) is 5.43 Å². The molecule has 1 aliphatic heterocycles. The number of nitrogens with two attached hydrogens (primary N) is 1. The molecular formula is C11H17ClN2OS. The third kappa shape index (κ3) is 3.18.